The first-order valence-electron chi connectivity index (χ1n) is 10.1. The molecule has 0 atom stereocenters. The van der Waals surface area contributed by atoms with Gasteiger partial charge in [-0.2, -0.15) is 0 Å². The molecule has 1 amide bonds. The van der Waals surface area contributed by atoms with E-state index >= 15 is 0 Å². The smallest absolute Gasteiger partial charge is 0.256 e. The van der Waals surface area contributed by atoms with Gasteiger partial charge in [0.2, 0.25) is 0 Å². The monoisotopic (exact) mass is 376 g/mol. The number of amides is 1. The summed E-state index contributed by atoms with van der Waals surface area (Å²) in [5.41, 5.74) is 2.72. The molecule has 2 aliphatic rings. The second-order valence-corrected chi connectivity index (χ2v) is 8.06. The van der Waals surface area contributed by atoms with E-state index in [4.69, 9.17) is 0 Å². The summed E-state index contributed by atoms with van der Waals surface area (Å²) >= 11 is 0. The van der Waals surface area contributed by atoms with Gasteiger partial charge in [-0.1, -0.05) is 18.2 Å². The zero-order valence-electron chi connectivity index (χ0n) is 15.8. The lowest BCUT2D eigenvalue weighted by atomic mass is 9.96. The third-order valence-corrected chi connectivity index (χ3v) is 6.07. The van der Waals surface area contributed by atoms with Crippen LogP contribution in [0.4, 0.5) is 0 Å². The summed E-state index contributed by atoms with van der Waals surface area (Å²) in [4.78, 5) is 34.9. The normalized spacial score (nSPS) is 17.9. The highest BCUT2D eigenvalue weighted by molar-refractivity contribution is 6.06. The average Bonchev–Trinajstić information content (AvgIpc) is 3.48. The van der Waals surface area contributed by atoms with Gasteiger partial charge in [-0.3, -0.25) is 14.2 Å². The van der Waals surface area contributed by atoms with Crippen molar-refractivity contribution < 1.29 is 4.79 Å². The maximum atomic E-state index is 12.9. The van der Waals surface area contributed by atoms with E-state index in [1.807, 2.05) is 35.4 Å². The van der Waals surface area contributed by atoms with Crippen molar-refractivity contribution in [3.05, 3.63) is 64.5 Å². The number of hydrogen-bond donors (Lipinski definition) is 1. The Bertz CT molecular complexity index is 1070. The van der Waals surface area contributed by atoms with Gasteiger partial charge in [-0.05, 0) is 37.7 Å². The first-order valence-corrected chi connectivity index (χ1v) is 10.1. The predicted octanol–water partition coefficient (Wildman–Crippen LogP) is 3.15. The fourth-order valence-corrected chi connectivity index (χ4v) is 4.20. The highest BCUT2D eigenvalue weighted by Crippen LogP contribution is 2.38. The molecule has 28 heavy (non-hydrogen) atoms. The Morgan fingerprint density at radius 2 is 1.93 bits per heavy atom. The maximum absolute atomic E-state index is 12.9. The number of aromatic amines is 1. The number of nitrogens with zero attached hydrogens (tertiary/aromatic N) is 3. The van der Waals surface area contributed by atoms with Gasteiger partial charge in [-0.15, -0.1) is 0 Å². The van der Waals surface area contributed by atoms with Gasteiger partial charge in [0.15, 0.2) is 0 Å². The largest absolute Gasteiger partial charge is 0.360 e. The van der Waals surface area contributed by atoms with Gasteiger partial charge in [0, 0.05) is 48.7 Å². The van der Waals surface area contributed by atoms with Crippen LogP contribution >= 0.6 is 0 Å². The van der Waals surface area contributed by atoms with E-state index in [-0.39, 0.29) is 11.5 Å². The number of carbonyl (C=O) groups is 1. The van der Waals surface area contributed by atoms with Crippen molar-refractivity contribution in [2.75, 3.05) is 13.1 Å². The summed E-state index contributed by atoms with van der Waals surface area (Å²) in [6.45, 7) is 2.14. The molecule has 2 aromatic heterocycles. The van der Waals surface area contributed by atoms with Gasteiger partial charge in [-0.25, -0.2) is 4.98 Å². The molecule has 1 N–H and O–H groups in total. The Morgan fingerprint density at radius 1 is 1.14 bits per heavy atom. The molecular formula is C22H24N4O2. The van der Waals surface area contributed by atoms with E-state index in [9.17, 15) is 9.59 Å². The third-order valence-electron chi connectivity index (χ3n) is 6.07. The van der Waals surface area contributed by atoms with Crippen LogP contribution in [0, 0.1) is 5.92 Å². The van der Waals surface area contributed by atoms with Crippen LogP contribution in [-0.4, -0.2) is 38.4 Å². The molecule has 3 aromatic rings. The van der Waals surface area contributed by atoms with Crippen LogP contribution in [-0.2, 0) is 6.54 Å². The van der Waals surface area contributed by atoms with E-state index < -0.39 is 0 Å². The molecule has 6 nitrogen and oxygen atoms in total. The standard InChI is InChI=1S/C22H24N4O2/c27-21-11-20(16-5-6-16)24-14-26(21)13-15-7-9-25(10-8-15)22(28)18-12-23-19-4-2-1-3-17(18)19/h1-4,11-12,14-16,23H,5-10,13H2. The SMILES string of the molecule is O=C(c1c[nH]c2ccccc12)N1CCC(Cn2cnc(C3CC3)cc2=O)CC1. The molecule has 5 rings (SSSR count). The molecule has 0 radical (unpaired) electrons. The molecular weight excluding hydrogens is 352 g/mol. The molecule has 0 bridgehead atoms. The lowest BCUT2D eigenvalue weighted by Crippen LogP contribution is -2.40. The minimum atomic E-state index is 0.0502. The van der Waals surface area contributed by atoms with Crippen molar-refractivity contribution in [2.45, 2.75) is 38.1 Å². The molecule has 1 aliphatic carbocycles. The molecule has 1 saturated heterocycles. The second kappa shape index (κ2) is 6.93. The van der Waals surface area contributed by atoms with E-state index in [1.165, 1.54) is 0 Å². The van der Waals surface area contributed by atoms with Gasteiger partial charge < -0.3 is 9.88 Å². The molecule has 1 aliphatic heterocycles. The summed E-state index contributed by atoms with van der Waals surface area (Å²) < 4.78 is 1.73. The van der Waals surface area contributed by atoms with Crippen LogP contribution in [0.25, 0.3) is 10.9 Å². The van der Waals surface area contributed by atoms with Gasteiger partial charge in [0.05, 0.1) is 17.6 Å². The van der Waals surface area contributed by atoms with Crippen molar-refractivity contribution in [1.29, 1.82) is 0 Å². The Balaban J connectivity index is 1.23. The first kappa shape index (κ1) is 17.2. The van der Waals surface area contributed by atoms with Gasteiger partial charge in [0.1, 0.15) is 0 Å². The van der Waals surface area contributed by atoms with Gasteiger partial charge in [0.25, 0.3) is 11.5 Å². The summed E-state index contributed by atoms with van der Waals surface area (Å²) in [6, 6.07) is 9.59. The van der Waals surface area contributed by atoms with E-state index in [0.717, 1.165) is 60.9 Å². The van der Waals surface area contributed by atoms with E-state index in [2.05, 4.69) is 9.97 Å². The number of rotatable bonds is 4. The average molecular weight is 376 g/mol. The molecule has 1 aromatic carbocycles. The highest BCUT2D eigenvalue weighted by Gasteiger charge is 2.27. The first-order chi connectivity index (χ1) is 13.7. The van der Waals surface area contributed by atoms with Crippen molar-refractivity contribution in [1.82, 2.24) is 19.4 Å². The predicted molar refractivity (Wildman–Crippen MR) is 107 cm³/mol. The summed E-state index contributed by atoms with van der Waals surface area (Å²) in [7, 11) is 0. The molecule has 144 valence electrons. The molecule has 3 heterocycles. The molecule has 2 fully saturated rings. The number of nitrogens with one attached hydrogen (secondary N) is 1. The quantitative estimate of drug-likeness (QED) is 0.760. The number of aromatic nitrogens is 3. The summed E-state index contributed by atoms with van der Waals surface area (Å²) in [5.74, 6) is 0.989. The molecule has 0 unspecified atom stereocenters. The van der Waals surface area contributed by atoms with Gasteiger partial charge >= 0.3 is 0 Å². The van der Waals surface area contributed by atoms with Crippen LogP contribution in [0.2, 0.25) is 0 Å². The lowest BCUT2D eigenvalue weighted by Gasteiger charge is -2.32. The van der Waals surface area contributed by atoms with Crippen molar-refractivity contribution in [3.63, 3.8) is 0 Å². The highest BCUT2D eigenvalue weighted by atomic mass is 16.2. The van der Waals surface area contributed by atoms with E-state index in [0.29, 0.717) is 18.4 Å². The Hall–Kier alpha value is -2.89. The number of para-hydroxylation sites is 1. The number of H-pyrrole nitrogens is 1. The Labute approximate surface area is 163 Å². The zero-order valence-corrected chi connectivity index (χ0v) is 15.8. The summed E-state index contributed by atoms with van der Waals surface area (Å²) in [5, 5.41) is 0.975. The second-order valence-electron chi connectivity index (χ2n) is 8.06. The number of benzene rings is 1. The molecule has 6 heteroatoms. The van der Waals surface area contributed by atoms with Crippen LogP contribution in [0.5, 0.6) is 0 Å². The number of fused-ring (bicyclic) bond motifs is 1. The third kappa shape index (κ3) is 3.23. The number of hydrogen-bond acceptors (Lipinski definition) is 3. The van der Waals surface area contributed by atoms with Crippen LogP contribution in [0.1, 0.15) is 47.7 Å². The number of likely N-dealkylation sites (tertiary alicyclic amines) is 1. The van der Waals surface area contributed by atoms with Crippen LogP contribution in [0.15, 0.2) is 47.7 Å². The van der Waals surface area contributed by atoms with Crippen molar-refractivity contribution in [2.24, 2.45) is 5.92 Å². The summed E-state index contributed by atoms with van der Waals surface area (Å²) in [6.07, 6.45) is 7.64. The van der Waals surface area contributed by atoms with E-state index in [1.54, 1.807) is 17.0 Å². The number of piperidine rings is 1. The van der Waals surface area contributed by atoms with Crippen molar-refractivity contribution in [3.8, 4) is 0 Å². The Kier molecular flexibility index (Phi) is 4.26. The van der Waals surface area contributed by atoms with Crippen LogP contribution in [0.3, 0.4) is 0 Å². The zero-order chi connectivity index (χ0) is 19.1. The minimum absolute atomic E-state index is 0.0502. The minimum Gasteiger partial charge on any atom is -0.360 e. The lowest BCUT2D eigenvalue weighted by molar-refractivity contribution is 0.0684. The fourth-order valence-electron chi connectivity index (χ4n) is 4.20. The molecule has 0 spiro atoms. The Morgan fingerprint density at radius 3 is 2.68 bits per heavy atom. The van der Waals surface area contributed by atoms with Crippen LogP contribution < -0.4 is 5.56 Å². The fraction of sp³-hybridized carbons (Fsp3) is 0.409. The molecule has 1 saturated carbocycles. The number of carbonyl (C=O) groups excluding carboxylic acids is 1. The maximum Gasteiger partial charge on any atom is 0.256 e. The topological polar surface area (TPSA) is 71.0 Å². The van der Waals surface area contributed by atoms with Crippen molar-refractivity contribution >= 4 is 16.8 Å².